The lowest BCUT2D eigenvalue weighted by molar-refractivity contribution is -0.138. The Morgan fingerprint density at radius 2 is 1.78 bits per heavy atom. The van der Waals surface area contributed by atoms with Crippen molar-refractivity contribution in [2.45, 2.75) is 45.2 Å². The Hall–Kier alpha value is -3.14. The van der Waals surface area contributed by atoms with Crippen molar-refractivity contribution in [3.63, 3.8) is 0 Å². The highest BCUT2D eigenvalue weighted by molar-refractivity contribution is 6.01. The smallest absolute Gasteiger partial charge is 0.255 e. The zero-order chi connectivity index (χ0) is 26.2. The van der Waals surface area contributed by atoms with Gasteiger partial charge in [0.15, 0.2) is 0 Å². The number of rotatable bonds is 3. The van der Waals surface area contributed by atoms with Gasteiger partial charge in [0.1, 0.15) is 24.4 Å². The van der Waals surface area contributed by atoms with Gasteiger partial charge in [-0.1, -0.05) is 26.0 Å². The van der Waals surface area contributed by atoms with Crippen molar-refractivity contribution in [3.8, 4) is 5.75 Å². The second kappa shape index (κ2) is 12.7. The summed E-state index contributed by atoms with van der Waals surface area (Å²) in [7, 11) is 3.67. The third-order valence-corrected chi connectivity index (χ3v) is 6.56. The van der Waals surface area contributed by atoms with Crippen molar-refractivity contribution in [3.05, 3.63) is 29.8 Å². The first-order chi connectivity index (χ1) is 17.2. The summed E-state index contributed by atoms with van der Waals surface area (Å²) in [4.78, 5) is 58.4. The van der Waals surface area contributed by atoms with Crippen LogP contribution in [0.25, 0.3) is 0 Å². The summed E-state index contributed by atoms with van der Waals surface area (Å²) in [6.07, 6.45) is 1.01. The number of likely N-dealkylation sites (N-methyl/N-ethyl adjacent to an activating group) is 2. The molecule has 0 spiro atoms. The molecule has 2 aliphatic heterocycles. The maximum absolute atomic E-state index is 13.5. The van der Waals surface area contributed by atoms with Crippen LogP contribution < -0.4 is 15.4 Å². The summed E-state index contributed by atoms with van der Waals surface area (Å²) in [5, 5.41) is 5.60. The van der Waals surface area contributed by atoms with E-state index in [1.165, 1.54) is 4.90 Å². The van der Waals surface area contributed by atoms with E-state index >= 15 is 0 Å². The Morgan fingerprint density at radius 1 is 1.03 bits per heavy atom. The van der Waals surface area contributed by atoms with E-state index in [2.05, 4.69) is 15.5 Å². The number of fused-ring (bicyclic) bond motifs is 1. The first-order valence-electron chi connectivity index (χ1n) is 12.7. The Balaban J connectivity index is 1.91. The molecule has 198 valence electrons. The number of amides is 4. The van der Waals surface area contributed by atoms with E-state index < -0.39 is 23.9 Å². The van der Waals surface area contributed by atoms with Crippen LogP contribution in [0.5, 0.6) is 5.75 Å². The van der Waals surface area contributed by atoms with Crippen molar-refractivity contribution in [1.29, 1.82) is 0 Å². The maximum atomic E-state index is 13.5. The van der Waals surface area contributed by atoms with Crippen LogP contribution in [0.3, 0.4) is 0 Å². The van der Waals surface area contributed by atoms with Crippen molar-refractivity contribution < 1.29 is 23.9 Å². The van der Waals surface area contributed by atoms with Crippen LogP contribution in [0.1, 0.15) is 43.5 Å². The Bertz CT molecular complexity index is 952. The third-order valence-electron chi connectivity index (χ3n) is 6.56. The molecule has 1 fully saturated rings. The number of benzene rings is 1. The molecule has 0 radical (unpaired) electrons. The molecular formula is C26H39N5O5. The molecular weight excluding hydrogens is 462 g/mol. The molecule has 2 heterocycles. The van der Waals surface area contributed by atoms with Gasteiger partial charge in [0, 0.05) is 26.7 Å². The first kappa shape index (κ1) is 27.4. The predicted octanol–water partition coefficient (Wildman–Crippen LogP) is 0.721. The number of ether oxygens (including phenoxy) is 1. The average molecular weight is 502 g/mol. The first-order valence-corrected chi connectivity index (χ1v) is 12.7. The van der Waals surface area contributed by atoms with Gasteiger partial charge in [0.25, 0.3) is 5.91 Å². The quantitative estimate of drug-likeness (QED) is 0.632. The largest absolute Gasteiger partial charge is 0.491 e. The highest BCUT2D eigenvalue weighted by Gasteiger charge is 2.32. The van der Waals surface area contributed by atoms with Crippen LogP contribution in [-0.4, -0.2) is 104 Å². The molecule has 3 rings (SSSR count). The van der Waals surface area contributed by atoms with Crippen LogP contribution in [0, 0.1) is 5.92 Å². The van der Waals surface area contributed by atoms with Crippen molar-refractivity contribution in [2.24, 2.45) is 5.92 Å². The van der Waals surface area contributed by atoms with Crippen LogP contribution in [0.15, 0.2) is 24.3 Å². The molecule has 0 bridgehead atoms. The fourth-order valence-corrected chi connectivity index (χ4v) is 4.50. The van der Waals surface area contributed by atoms with Gasteiger partial charge in [-0.05, 0) is 44.5 Å². The third kappa shape index (κ3) is 7.43. The Kier molecular flexibility index (Phi) is 9.69. The minimum Gasteiger partial charge on any atom is -0.491 e. The summed E-state index contributed by atoms with van der Waals surface area (Å²) in [6, 6.07) is 4.98. The number of hydrogen-bond donors (Lipinski definition) is 2. The van der Waals surface area contributed by atoms with Crippen LogP contribution in [0.4, 0.5) is 0 Å². The lowest BCUT2D eigenvalue weighted by atomic mass is 10.0. The van der Waals surface area contributed by atoms with E-state index in [9.17, 15) is 19.2 Å². The number of para-hydroxylation sites is 1. The van der Waals surface area contributed by atoms with Gasteiger partial charge >= 0.3 is 0 Å². The molecule has 0 aliphatic carbocycles. The van der Waals surface area contributed by atoms with Crippen LogP contribution in [0.2, 0.25) is 0 Å². The molecule has 2 N–H and O–H groups in total. The molecule has 2 atom stereocenters. The van der Waals surface area contributed by atoms with Crippen molar-refractivity contribution in [1.82, 2.24) is 25.3 Å². The molecule has 0 unspecified atom stereocenters. The zero-order valence-corrected chi connectivity index (χ0v) is 21.8. The highest BCUT2D eigenvalue weighted by atomic mass is 16.5. The number of nitrogens with one attached hydrogen (secondary N) is 2. The summed E-state index contributed by atoms with van der Waals surface area (Å²) in [5.41, 5.74) is 0.273. The lowest BCUT2D eigenvalue weighted by Gasteiger charge is -2.29. The molecule has 1 saturated heterocycles. The zero-order valence-electron chi connectivity index (χ0n) is 21.8. The average Bonchev–Trinajstić information content (AvgIpc) is 3.06. The normalized spacial score (nSPS) is 23.2. The molecule has 4 amide bonds. The van der Waals surface area contributed by atoms with Gasteiger partial charge in [-0.25, -0.2) is 0 Å². The van der Waals surface area contributed by atoms with E-state index in [1.807, 2.05) is 20.9 Å². The fourth-order valence-electron chi connectivity index (χ4n) is 4.50. The summed E-state index contributed by atoms with van der Waals surface area (Å²) in [6.45, 7) is 7.09. The molecule has 36 heavy (non-hydrogen) atoms. The van der Waals surface area contributed by atoms with Crippen molar-refractivity contribution in [2.75, 3.05) is 53.4 Å². The van der Waals surface area contributed by atoms with Gasteiger partial charge in [0.05, 0.1) is 18.5 Å². The predicted molar refractivity (Wildman–Crippen MR) is 136 cm³/mol. The van der Waals surface area contributed by atoms with E-state index in [0.29, 0.717) is 38.3 Å². The van der Waals surface area contributed by atoms with E-state index in [1.54, 1.807) is 36.2 Å². The van der Waals surface area contributed by atoms with Gasteiger partial charge in [-0.3, -0.25) is 19.2 Å². The number of hydrogen-bond acceptors (Lipinski definition) is 6. The van der Waals surface area contributed by atoms with Gasteiger partial charge in [-0.2, -0.15) is 0 Å². The second-order valence-electron chi connectivity index (χ2n) is 10.1. The van der Waals surface area contributed by atoms with Gasteiger partial charge in [0.2, 0.25) is 17.7 Å². The summed E-state index contributed by atoms with van der Waals surface area (Å²) in [5.74, 6) is -0.922. The topological polar surface area (TPSA) is 111 Å². The van der Waals surface area contributed by atoms with E-state index in [4.69, 9.17) is 4.74 Å². The Labute approximate surface area is 213 Å². The standard InChI is InChI=1S/C26H39N5O5/c1-18(2)16-20-25(34)30(4)14-15-36-22-9-6-5-8-19(22)24(33)28-21(17-23(32)27-20)26(35)31-11-7-10-29(3)12-13-31/h5-6,8-9,18,20-21H,7,10-17H2,1-4H3,(H,27,32)(H,28,33)/t20-,21-/m0/s1. The van der Waals surface area contributed by atoms with Crippen molar-refractivity contribution >= 4 is 23.6 Å². The molecule has 0 aromatic heterocycles. The van der Waals surface area contributed by atoms with Gasteiger partial charge < -0.3 is 30.1 Å². The van der Waals surface area contributed by atoms with Gasteiger partial charge in [-0.15, -0.1) is 0 Å². The molecule has 1 aromatic carbocycles. The van der Waals surface area contributed by atoms with Crippen LogP contribution >= 0.6 is 0 Å². The Morgan fingerprint density at radius 3 is 2.53 bits per heavy atom. The number of nitrogens with zero attached hydrogens (tertiary/aromatic N) is 3. The minimum absolute atomic E-state index is 0.167. The molecule has 0 saturated carbocycles. The SMILES string of the molecule is CC(C)C[C@@H]1NC(=O)C[C@@H](C(=O)N2CCCN(C)CC2)NC(=O)c2ccccc2OCCN(C)C1=O. The lowest BCUT2D eigenvalue weighted by Crippen LogP contribution is -2.54. The molecule has 1 aromatic rings. The molecule has 10 nitrogen and oxygen atoms in total. The van der Waals surface area contributed by atoms with E-state index in [0.717, 1.165) is 13.0 Å². The molecule has 2 aliphatic rings. The van der Waals surface area contributed by atoms with Crippen LogP contribution in [-0.2, 0) is 14.4 Å². The molecule has 10 heteroatoms. The minimum atomic E-state index is -1.07. The monoisotopic (exact) mass is 501 g/mol. The van der Waals surface area contributed by atoms with E-state index in [-0.39, 0.29) is 36.3 Å². The fraction of sp³-hybridized carbons (Fsp3) is 0.615. The number of carbonyl (C=O) groups is 4. The summed E-state index contributed by atoms with van der Waals surface area (Å²) < 4.78 is 5.86. The second-order valence-corrected chi connectivity index (χ2v) is 10.1. The number of carbonyl (C=O) groups excluding carboxylic acids is 4. The summed E-state index contributed by atoms with van der Waals surface area (Å²) >= 11 is 0. The highest BCUT2D eigenvalue weighted by Crippen LogP contribution is 2.19. The maximum Gasteiger partial charge on any atom is 0.255 e.